The maximum absolute atomic E-state index is 12.1. The summed E-state index contributed by atoms with van der Waals surface area (Å²) >= 11 is 5.78. The topological polar surface area (TPSA) is 66.5 Å². The van der Waals surface area contributed by atoms with E-state index < -0.39 is 9.84 Å². The molecule has 5 nitrogen and oxygen atoms in total. The average Bonchev–Trinajstić information content (AvgIpc) is 2.41. The highest BCUT2D eigenvalue weighted by Crippen LogP contribution is 2.17. The highest BCUT2D eigenvalue weighted by molar-refractivity contribution is 7.91. The summed E-state index contributed by atoms with van der Waals surface area (Å²) in [6, 6.07) is 6.07. The Morgan fingerprint density at radius 1 is 1.33 bits per heavy atom. The van der Waals surface area contributed by atoms with Gasteiger partial charge in [0.1, 0.15) is 0 Å². The van der Waals surface area contributed by atoms with E-state index in [9.17, 15) is 13.2 Å². The van der Waals surface area contributed by atoms with Crippen molar-refractivity contribution in [2.75, 3.05) is 32.9 Å². The van der Waals surface area contributed by atoms with Gasteiger partial charge in [-0.3, -0.25) is 4.79 Å². The van der Waals surface area contributed by atoms with Gasteiger partial charge in [-0.15, -0.1) is 0 Å². The average molecular weight is 333 g/mol. The molecule has 0 unspecified atom stereocenters. The molecule has 0 aliphatic heterocycles. The van der Waals surface area contributed by atoms with Gasteiger partial charge in [0.2, 0.25) is 5.91 Å². The SMILES string of the molecule is CN(C)CCCNC(=O)CCS(=O)(=O)c1cccc(Cl)c1. The minimum atomic E-state index is -3.48. The maximum atomic E-state index is 12.1. The molecule has 0 heterocycles. The molecule has 1 amide bonds. The lowest BCUT2D eigenvalue weighted by molar-refractivity contribution is -0.120. The lowest BCUT2D eigenvalue weighted by Gasteiger charge is -2.10. The van der Waals surface area contributed by atoms with E-state index in [1.54, 1.807) is 12.1 Å². The van der Waals surface area contributed by atoms with Crippen LogP contribution in [-0.2, 0) is 14.6 Å². The molecule has 0 fully saturated rings. The van der Waals surface area contributed by atoms with Crippen molar-refractivity contribution in [2.24, 2.45) is 0 Å². The number of sulfone groups is 1. The minimum absolute atomic E-state index is 0.0448. The van der Waals surface area contributed by atoms with Gasteiger partial charge in [-0.2, -0.15) is 0 Å². The number of hydrogen-bond acceptors (Lipinski definition) is 4. The predicted octanol–water partition coefficient (Wildman–Crippen LogP) is 1.57. The number of carbonyl (C=O) groups is 1. The third kappa shape index (κ3) is 6.93. The van der Waals surface area contributed by atoms with Crippen LogP contribution in [0.15, 0.2) is 29.2 Å². The summed E-state index contributed by atoms with van der Waals surface area (Å²) in [5.74, 6) is -0.466. The number of amides is 1. The van der Waals surface area contributed by atoms with Crippen LogP contribution in [0.4, 0.5) is 0 Å². The van der Waals surface area contributed by atoms with Crippen molar-refractivity contribution in [3.05, 3.63) is 29.3 Å². The van der Waals surface area contributed by atoms with Gasteiger partial charge in [0.25, 0.3) is 0 Å². The van der Waals surface area contributed by atoms with Gasteiger partial charge in [-0.1, -0.05) is 17.7 Å². The van der Waals surface area contributed by atoms with Crippen LogP contribution in [-0.4, -0.2) is 52.2 Å². The first-order valence-electron chi connectivity index (χ1n) is 6.71. The molecule has 118 valence electrons. The number of hydrogen-bond donors (Lipinski definition) is 1. The predicted molar refractivity (Wildman–Crippen MR) is 84.3 cm³/mol. The molecule has 0 aliphatic carbocycles. The second-order valence-electron chi connectivity index (χ2n) is 5.03. The Kier molecular flexibility index (Phi) is 7.14. The van der Waals surface area contributed by atoms with Crippen LogP contribution < -0.4 is 5.32 Å². The molecule has 0 aliphatic rings. The smallest absolute Gasteiger partial charge is 0.221 e. The Morgan fingerprint density at radius 3 is 2.67 bits per heavy atom. The largest absolute Gasteiger partial charge is 0.356 e. The van der Waals surface area contributed by atoms with Crippen molar-refractivity contribution < 1.29 is 13.2 Å². The van der Waals surface area contributed by atoms with Crippen LogP contribution in [0.5, 0.6) is 0 Å². The molecule has 0 spiro atoms. The van der Waals surface area contributed by atoms with Gasteiger partial charge < -0.3 is 10.2 Å². The Hall–Kier alpha value is -1.11. The molecular formula is C14H21ClN2O3S. The lowest BCUT2D eigenvalue weighted by atomic mass is 10.4. The zero-order valence-corrected chi connectivity index (χ0v) is 13.9. The summed E-state index contributed by atoms with van der Waals surface area (Å²) in [5, 5.41) is 3.08. The van der Waals surface area contributed by atoms with Gasteiger partial charge in [-0.25, -0.2) is 8.42 Å². The van der Waals surface area contributed by atoms with Crippen LogP contribution in [0.25, 0.3) is 0 Å². The van der Waals surface area contributed by atoms with Crippen LogP contribution >= 0.6 is 11.6 Å². The van der Waals surface area contributed by atoms with Gasteiger partial charge in [0.05, 0.1) is 10.6 Å². The molecule has 1 rings (SSSR count). The monoisotopic (exact) mass is 332 g/mol. The fourth-order valence-electron chi connectivity index (χ4n) is 1.72. The van der Waals surface area contributed by atoms with Crippen LogP contribution in [0.1, 0.15) is 12.8 Å². The highest BCUT2D eigenvalue weighted by atomic mass is 35.5. The summed E-state index contributed by atoms with van der Waals surface area (Å²) in [6.07, 6.45) is 0.788. The summed E-state index contributed by atoms with van der Waals surface area (Å²) in [5.41, 5.74) is 0. The Bertz CT molecular complexity index is 573. The van der Waals surface area contributed by atoms with E-state index in [0.29, 0.717) is 11.6 Å². The van der Waals surface area contributed by atoms with Crippen molar-refractivity contribution in [3.8, 4) is 0 Å². The summed E-state index contributed by atoms with van der Waals surface area (Å²) in [6.45, 7) is 1.43. The number of rotatable bonds is 8. The maximum Gasteiger partial charge on any atom is 0.221 e. The van der Waals surface area contributed by atoms with E-state index in [0.717, 1.165) is 13.0 Å². The van der Waals surface area contributed by atoms with E-state index in [-0.39, 0.29) is 23.0 Å². The summed E-state index contributed by atoms with van der Waals surface area (Å²) in [4.78, 5) is 13.8. The number of benzene rings is 1. The molecule has 21 heavy (non-hydrogen) atoms. The molecular weight excluding hydrogens is 312 g/mol. The van der Waals surface area contributed by atoms with E-state index in [4.69, 9.17) is 11.6 Å². The van der Waals surface area contributed by atoms with Crippen molar-refractivity contribution in [2.45, 2.75) is 17.7 Å². The van der Waals surface area contributed by atoms with Gasteiger partial charge >= 0.3 is 0 Å². The fraction of sp³-hybridized carbons (Fsp3) is 0.500. The van der Waals surface area contributed by atoms with Crippen molar-refractivity contribution in [1.29, 1.82) is 0 Å². The van der Waals surface area contributed by atoms with Crippen LogP contribution in [0.3, 0.4) is 0 Å². The molecule has 0 bridgehead atoms. The third-order valence-corrected chi connectivity index (χ3v) is 4.81. The zero-order valence-electron chi connectivity index (χ0n) is 12.3. The standard InChI is InChI=1S/C14H21ClN2O3S/c1-17(2)9-4-8-16-14(18)7-10-21(19,20)13-6-3-5-12(15)11-13/h3,5-6,11H,4,7-10H2,1-2H3,(H,16,18). The summed E-state index contributed by atoms with van der Waals surface area (Å²) in [7, 11) is 0.440. The Balaban J connectivity index is 2.41. The molecule has 1 N–H and O–H groups in total. The number of carbonyl (C=O) groups excluding carboxylic acids is 1. The van der Waals surface area contributed by atoms with Gasteiger partial charge in [0, 0.05) is 18.0 Å². The first kappa shape index (κ1) is 17.9. The van der Waals surface area contributed by atoms with E-state index >= 15 is 0 Å². The molecule has 0 saturated heterocycles. The number of halogens is 1. The highest BCUT2D eigenvalue weighted by Gasteiger charge is 2.16. The molecule has 7 heteroatoms. The molecule has 0 radical (unpaired) electrons. The van der Waals surface area contributed by atoms with E-state index in [2.05, 4.69) is 5.32 Å². The molecule has 1 aromatic rings. The molecule has 0 atom stereocenters. The van der Waals surface area contributed by atoms with Crippen LogP contribution in [0, 0.1) is 0 Å². The molecule has 1 aromatic carbocycles. The molecule has 0 saturated carbocycles. The minimum Gasteiger partial charge on any atom is -0.356 e. The second kappa shape index (κ2) is 8.36. The normalized spacial score (nSPS) is 11.6. The van der Waals surface area contributed by atoms with Crippen molar-refractivity contribution >= 4 is 27.3 Å². The van der Waals surface area contributed by atoms with Crippen molar-refractivity contribution in [1.82, 2.24) is 10.2 Å². The summed E-state index contributed by atoms with van der Waals surface area (Å²) < 4.78 is 24.1. The number of nitrogens with one attached hydrogen (secondary N) is 1. The Labute approximate surface area is 131 Å². The fourth-order valence-corrected chi connectivity index (χ4v) is 3.25. The molecule has 0 aromatic heterocycles. The quantitative estimate of drug-likeness (QED) is 0.734. The van der Waals surface area contributed by atoms with E-state index in [1.807, 2.05) is 19.0 Å². The first-order valence-corrected chi connectivity index (χ1v) is 8.74. The van der Waals surface area contributed by atoms with Crippen LogP contribution in [0.2, 0.25) is 5.02 Å². The van der Waals surface area contributed by atoms with Gasteiger partial charge in [-0.05, 0) is 45.3 Å². The van der Waals surface area contributed by atoms with Crippen molar-refractivity contribution in [3.63, 3.8) is 0 Å². The van der Waals surface area contributed by atoms with E-state index in [1.165, 1.54) is 12.1 Å². The second-order valence-corrected chi connectivity index (χ2v) is 7.58. The van der Waals surface area contributed by atoms with Gasteiger partial charge in [0.15, 0.2) is 9.84 Å². The third-order valence-electron chi connectivity index (χ3n) is 2.86. The number of nitrogens with zero attached hydrogens (tertiary/aromatic N) is 1. The lowest BCUT2D eigenvalue weighted by Crippen LogP contribution is -2.28. The first-order chi connectivity index (χ1) is 9.81. The zero-order chi connectivity index (χ0) is 15.9. The Morgan fingerprint density at radius 2 is 2.05 bits per heavy atom.